The number of phenols is 4. The minimum absolute atomic E-state index is 0.0421. The van der Waals surface area contributed by atoms with E-state index in [1.807, 2.05) is 0 Å². The molecule has 2 aromatic carbocycles. The Hall–Kier alpha value is -2.95. The summed E-state index contributed by atoms with van der Waals surface area (Å²) in [5.41, 5.74) is 0.301. The molecule has 2 aromatic rings. The van der Waals surface area contributed by atoms with Gasteiger partial charge in [0.25, 0.3) is 0 Å². The molecule has 102 valence electrons. The zero-order valence-electron chi connectivity index (χ0n) is 10.3. The maximum atomic E-state index is 11.9. The summed E-state index contributed by atoms with van der Waals surface area (Å²) in [4.78, 5) is 11.9. The number of hydrogen-bond donors (Lipinski definition) is 4. The van der Waals surface area contributed by atoms with Crippen molar-refractivity contribution >= 4 is 11.9 Å². The van der Waals surface area contributed by atoms with Crippen LogP contribution in [0.3, 0.4) is 0 Å². The summed E-state index contributed by atoms with van der Waals surface area (Å²) < 4.78 is 0. The number of phenolic OH excluding ortho intramolecular Hbond substituents is 4. The Bertz CT molecular complexity index is 689. The summed E-state index contributed by atoms with van der Waals surface area (Å²) in [6.45, 7) is 0. The lowest BCUT2D eigenvalue weighted by molar-refractivity contribution is 0.104. The van der Waals surface area contributed by atoms with Crippen LogP contribution >= 0.6 is 0 Å². The van der Waals surface area contributed by atoms with Crippen LogP contribution in [0, 0.1) is 0 Å². The van der Waals surface area contributed by atoms with Crippen LogP contribution in [0.1, 0.15) is 15.9 Å². The van der Waals surface area contributed by atoms with E-state index < -0.39 is 5.78 Å². The number of benzene rings is 2. The van der Waals surface area contributed by atoms with Crippen molar-refractivity contribution < 1.29 is 25.2 Å². The fourth-order valence-corrected chi connectivity index (χ4v) is 1.65. The number of carbonyl (C=O) groups excluding carboxylic acids is 1. The van der Waals surface area contributed by atoms with Crippen molar-refractivity contribution in [3.8, 4) is 23.0 Å². The topological polar surface area (TPSA) is 98.0 Å². The largest absolute Gasteiger partial charge is 0.508 e. The van der Waals surface area contributed by atoms with Crippen LogP contribution in [-0.2, 0) is 0 Å². The molecule has 0 amide bonds. The summed E-state index contributed by atoms with van der Waals surface area (Å²) in [5, 5.41) is 37.5. The van der Waals surface area contributed by atoms with Crippen molar-refractivity contribution in [1.82, 2.24) is 0 Å². The molecule has 0 saturated heterocycles. The lowest BCUT2D eigenvalue weighted by Crippen LogP contribution is -1.94. The summed E-state index contributed by atoms with van der Waals surface area (Å²) >= 11 is 0. The number of hydrogen-bond acceptors (Lipinski definition) is 5. The molecule has 0 radical (unpaired) electrons. The highest BCUT2D eigenvalue weighted by molar-refractivity contribution is 6.08. The second kappa shape index (κ2) is 5.36. The molecule has 0 aromatic heterocycles. The minimum atomic E-state index is -0.522. The number of ketones is 1. The van der Waals surface area contributed by atoms with E-state index in [1.165, 1.54) is 30.3 Å². The van der Waals surface area contributed by atoms with Crippen LogP contribution in [0.5, 0.6) is 23.0 Å². The van der Waals surface area contributed by atoms with Crippen molar-refractivity contribution in [2.45, 2.75) is 0 Å². The molecular formula is C15H12O5. The Labute approximate surface area is 114 Å². The maximum absolute atomic E-state index is 11.9. The van der Waals surface area contributed by atoms with Gasteiger partial charge in [-0.1, -0.05) is 0 Å². The molecule has 0 atom stereocenters. The average Bonchev–Trinajstić information content (AvgIpc) is 2.40. The van der Waals surface area contributed by atoms with E-state index in [2.05, 4.69) is 0 Å². The molecule has 0 fully saturated rings. The summed E-state index contributed by atoms with van der Waals surface area (Å²) in [6, 6.07) is 7.59. The first kappa shape index (κ1) is 13.5. The van der Waals surface area contributed by atoms with Gasteiger partial charge in [0.15, 0.2) is 5.78 Å². The Balaban J connectivity index is 2.27. The second-order valence-electron chi connectivity index (χ2n) is 4.14. The molecular weight excluding hydrogens is 260 g/mol. The van der Waals surface area contributed by atoms with Crippen molar-refractivity contribution in [3.63, 3.8) is 0 Å². The molecule has 0 heterocycles. The third kappa shape index (κ3) is 2.89. The maximum Gasteiger partial charge on any atom is 0.189 e. The molecule has 20 heavy (non-hydrogen) atoms. The third-order valence-electron chi connectivity index (χ3n) is 2.67. The first-order valence-corrected chi connectivity index (χ1v) is 5.74. The molecule has 0 aliphatic heterocycles. The number of aromatic hydroxyl groups is 4. The van der Waals surface area contributed by atoms with E-state index >= 15 is 0 Å². The van der Waals surface area contributed by atoms with Gasteiger partial charge < -0.3 is 20.4 Å². The Morgan fingerprint density at radius 2 is 1.50 bits per heavy atom. The third-order valence-corrected chi connectivity index (χ3v) is 2.67. The van der Waals surface area contributed by atoms with Crippen LogP contribution < -0.4 is 0 Å². The van der Waals surface area contributed by atoms with Gasteiger partial charge in [0.2, 0.25) is 0 Å². The molecule has 4 N–H and O–H groups in total. The van der Waals surface area contributed by atoms with E-state index in [1.54, 1.807) is 0 Å². The molecule has 0 spiro atoms. The van der Waals surface area contributed by atoms with Gasteiger partial charge in [-0.15, -0.1) is 0 Å². The SMILES string of the molecule is O=C(/C=C/c1ccc(O)cc1O)c1cc(O)ccc1O. The van der Waals surface area contributed by atoms with E-state index in [9.17, 15) is 20.1 Å². The first-order chi connectivity index (χ1) is 9.47. The molecule has 5 heteroatoms. The van der Waals surface area contributed by atoms with Crippen molar-refractivity contribution in [1.29, 1.82) is 0 Å². The van der Waals surface area contributed by atoms with Gasteiger partial charge >= 0.3 is 0 Å². The van der Waals surface area contributed by atoms with Crippen molar-refractivity contribution in [2.75, 3.05) is 0 Å². The van der Waals surface area contributed by atoms with Crippen molar-refractivity contribution in [3.05, 3.63) is 53.6 Å². The van der Waals surface area contributed by atoms with Crippen LogP contribution in [-0.4, -0.2) is 26.2 Å². The van der Waals surface area contributed by atoms with Crippen LogP contribution in [0.2, 0.25) is 0 Å². The van der Waals surface area contributed by atoms with Gasteiger partial charge in [-0.3, -0.25) is 4.79 Å². The van der Waals surface area contributed by atoms with Gasteiger partial charge in [0.05, 0.1) is 5.56 Å². The van der Waals surface area contributed by atoms with E-state index in [0.717, 1.165) is 18.2 Å². The van der Waals surface area contributed by atoms with Crippen LogP contribution in [0.4, 0.5) is 0 Å². The van der Waals surface area contributed by atoms with Crippen LogP contribution in [0.25, 0.3) is 6.08 Å². The normalized spacial score (nSPS) is 10.8. The minimum Gasteiger partial charge on any atom is -0.508 e. The smallest absolute Gasteiger partial charge is 0.189 e. The van der Waals surface area contributed by atoms with E-state index in [-0.39, 0.29) is 28.6 Å². The van der Waals surface area contributed by atoms with Gasteiger partial charge in [-0.05, 0) is 42.5 Å². The van der Waals surface area contributed by atoms with Gasteiger partial charge in [0, 0.05) is 11.6 Å². The first-order valence-electron chi connectivity index (χ1n) is 5.74. The Morgan fingerprint density at radius 3 is 2.20 bits per heavy atom. The number of rotatable bonds is 3. The zero-order valence-corrected chi connectivity index (χ0v) is 10.3. The van der Waals surface area contributed by atoms with Crippen molar-refractivity contribution in [2.24, 2.45) is 0 Å². The number of carbonyl (C=O) groups is 1. The fraction of sp³-hybridized carbons (Fsp3) is 0. The monoisotopic (exact) mass is 272 g/mol. The predicted molar refractivity (Wildman–Crippen MR) is 72.9 cm³/mol. The zero-order chi connectivity index (χ0) is 14.7. The molecule has 0 aliphatic carbocycles. The van der Waals surface area contributed by atoms with Crippen LogP contribution in [0.15, 0.2) is 42.5 Å². The number of allylic oxidation sites excluding steroid dienone is 1. The van der Waals surface area contributed by atoms with Gasteiger partial charge in [-0.2, -0.15) is 0 Å². The fourth-order valence-electron chi connectivity index (χ4n) is 1.65. The Kier molecular flexibility index (Phi) is 3.61. The highest BCUT2D eigenvalue weighted by Crippen LogP contribution is 2.25. The lowest BCUT2D eigenvalue weighted by Gasteiger charge is -2.02. The Morgan fingerprint density at radius 1 is 0.850 bits per heavy atom. The molecule has 0 aliphatic rings. The molecule has 5 nitrogen and oxygen atoms in total. The summed E-state index contributed by atoms with van der Waals surface area (Å²) in [6.07, 6.45) is 2.50. The molecule has 0 unspecified atom stereocenters. The lowest BCUT2D eigenvalue weighted by atomic mass is 10.1. The molecule has 0 bridgehead atoms. The van der Waals surface area contributed by atoms with Gasteiger partial charge in [-0.25, -0.2) is 0 Å². The highest BCUT2D eigenvalue weighted by atomic mass is 16.3. The molecule has 2 rings (SSSR count). The molecule has 0 saturated carbocycles. The van der Waals surface area contributed by atoms with E-state index in [0.29, 0.717) is 5.56 Å². The second-order valence-corrected chi connectivity index (χ2v) is 4.14. The van der Waals surface area contributed by atoms with Gasteiger partial charge in [0.1, 0.15) is 23.0 Å². The summed E-state index contributed by atoms with van der Waals surface area (Å²) in [5.74, 6) is -1.16. The summed E-state index contributed by atoms with van der Waals surface area (Å²) in [7, 11) is 0. The predicted octanol–water partition coefficient (Wildman–Crippen LogP) is 2.41. The highest BCUT2D eigenvalue weighted by Gasteiger charge is 2.09. The quantitative estimate of drug-likeness (QED) is 0.391. The average molecular weight is 272 g/mol. The standard InChI is InChI=1S/C15H12O5/c16-10-4-6-14(19)12(7-10)13(18)5-2-9-1-3-11(17)8-15(9)20/h1-8,16-17,19-20H/b5-2+. The van der Waals surface area contributed by atoms with E-state index in [4.69, 9.17) is 5.11 Å².